The average molecular weight is 546 g/mol. The van der Waals surface area contributed by atoms with Crippen molar-refractivity contribution in [1.29, 1.82) is 0 Å². The van der Waals surface area contributed by atoms with Crippen molar-refractivity contribution in [3.63, 3.8) is 0 Å². The van der Waals surface area contributed by atoms with Crippen LogP contribution in [-0.2, 0) is 42.6 Å². The third-order valence-corrected chi connectivity index (χ3v) is 6.75. The summed E-state index contributed by atoms with van der Waals surface area (Å²) in [4.78, 5) is 3.00. The fraction of sp³-hybridized carbons (Fsp3) is 1.00. The van der Waals surface area contributed by atoms with Crippen LogP contribution in [0.15, 0.2) is 5.11 Å². The standard InChI is InChI=1S/C26H47N3O9/c1-23(2)33-10-20(11-34-23)7-30-17-26(16-28-29-27,18-31-8-21-12-35-24(3,4)36-13-21)19-32-9-22-14-37-25(5,6)38-15-22/h20-22H,7-19H2,1-6H3. The van der Waals surface area contributed by atoms with Crippen LogP contribution in [0.2, 0.25) is 0 Å². The van der Waals surface area contributed by atoms with Crippen LogP contribution in [0.3, 0.4) is 0 Å². The third kappa shape index (κ3) is 10.8. The van der Waals surface area contributed by atoms with E-state index in [1.807, 2.05) is 41.5 Å². The highest BCUT2D eigenvalue weighted by molar-refractivity contribution is 4.83. The number of hydrogen-bond donors (Lipinski definition) is 0. The predicted molar refractivity (Wildman–Crippen MR) is 137 cm³/mol. The average Bonchev–Trinajstić information content (AvgIpc) is 2.86. The number of rotatable bonds is 14. The lowest BCUT2D eigenvalue weighted by atomic mass is 9.91. The summed E-state index contributed by atoms with van der Waals surface area (Å²) in [7, 11) is 0. The summed E-state index contributed by atoms with van der Waals surface area (Å²) in [5.74, 6) is -1.39. The molecular formula is C26H47N3O9. The highest BCUT2D eigenvalue weighted by atomic mass is 16.7. The zero-order valence-corrected chi connectivity index (χ0v) is 23.9. The second-order valence-corrected chi connectivity index (χ2v) is 12.1. The molecule has 3 rings (SSSR count). The fourth-order valence-electron chi connectivity index (χ4n) is 4.24. The molecule has 12 nitrogen and oxygen atoms in total. The Morgan fingerprint density at radius 3 is 1.18 bits per heavy atom. The number of ether oxygens (including phenoxy) is 9. The highest BCUT2D eigenvalue weighted by Gasteiger charge is 2.35. The molecule has 0 radical (unpaired) electrons. The van der Waals surface area contributed by atoms with Crippen LogP contribution in [-0.4, -0.2) is 103 Å². The van der Waals surface area contributed by atoms with Gasteiger partial charge in [0.05, 0.1) is 79.3 Å². The smallest absolute Gasteiger partial charge is 0.162 e. The van der Waals surface area contributed by atoms with Crippen LogP contribution in [0, 0.1) is 23.2 Å². The lowest BCUT2D eigenvalue weighted by molar-refractivity contribution is -0.269. The van der Waals surface area contributed by atoms with Gasteiger partial charge in [-0.05, 0) is 47.1 Å². The topological polar surface area (TPSA) is 132 Å². The highest BCUT2D eigenvalue weighted by Crippen LogP contribution is 2.27. The molecular weight excluding hydrogens is 498 g/mol. The Morgan fingerprint density at radius 2 is 0.921 bits per heavy atom. The molecule has 0 spiro atoms. The van der Waals surface area contributed by atoms with Gasteiger partial charge in [0, 0.05) is 34.6 Å². The first kappa shape index (κ1) is 31.5. The van der Waals surface area contributed by atoms with Crippen LogP contribution in [0.25, 0.3) is 10.4 Å². The van der Waals surface area contributed by atoms with E-state index in [4.69, 9.17) is 48.2 Å². The maximum atomic E-state index is 9.10. The van der Waals surface area contributed by atoms with E-state index in [1.54, 1.807) is 0 Å². The summed E-state index contributed by atoms with van der Waals surface area (Å²) in [5, 5.41) is 3.89. The first-order chi connectivity index (χ1) is 17.9. The van der Waals surface area contributed by atoms with E-state index in [-0.39, 0.29) is 24.3 Å². The van der Waals surface area contributed by atoms with Crippen molar-refractivity contribution >= 4 is 0 Å². The van der Waals surface area contributed by atoms with E-state index >= 15 is 0 Å². The van der Waals surface area contributed by atoms with Gasteiger partial charge >= 0.3 is 0 Å². The van der Waals surface area contributed by atoms with E-state index in [0.29, 0.717) is 79.3 Å². The molecule has 12 heteroatoms. The Bertz CT molecular complexity index is 659. The maximum Gasteiger partial charge on any atom is 0.162 e. The molecule has 0 N–H and O–H groups in total. The number of nitrogens with zero attached hydrogens (tertiary/aromatic N) is 3. The Morgan fingerprint density at radius 1 is 0.632 bits per heavy atom. The van der Waals surface area contributed by atoms with E-state index in [2.05, 4.69) is 10.0 Å². The molecule has 3 heterocycles. The monoisotopic (exact) mass is 545 g/mol. The molecule has 0 unspecified atom stereocenters. The molecule has 0 atom stereocenters. The molecule has 0 aromatic rings. The SMILES string of the molecule is CC1(C)OCC(COCC(CN=[N+]=[N-])(COCC2COC(C)(C)OC2)COCC2COC(C)(C)OC2)CO1. The summed E-state index contributed by atoms with van der Waals surface area (Å²) in [5.41, 5.74) is 8.43. The largest absolute Gasteiger partial charge is 0.380 e. The molecule has 3 aliphatic heterocycles. The quantitative estimate of drug-likeness (QED) is 0.183. The summed E-state index contributed by atoms with van der Waals surface area (Å²) >= 11 is 0. The van der Waals surface area contributed by atoms with Gasteiger partial charge in [0.25, 0.3) is 0 Å². The van der Waals surface area contributed by atoms with Crippen LogP contribution >= 0.6 is 0 Å². The Kier molecular flexibility index (Phi) is 11.6. The number of hydrogen-bond acceptors (Lipinski definition) is 10. The van der Waals surface area contributed by atoms with Crippen molar-refractivity contribution < 1.29 is 42.6 Å². The molecule has 220 valence electrons. The Labute approximate surface area is 226 Å². The minimum absolute atomic E-state index is 0.113. The summed E-state index contributed by atoms with van der Waals surface area (Å²) in [6.45, 7) is 17.1. The van der Waals surface area contributed by atoms with Gasteiger partial charge in [-0.25, -0.2) is 0 Å². The van der Waals surface area contributed by atoms with Gasteiger partial charge in [-0.3, -0.25) is 0 Å². The summed E-state index contributed by atoms with van der Waals surface area (Å²) in [6.07, 6.45) is 0. The third-order valence-electron chi connectivity index (χ3n) is 6.75. The Balaban J connectivity index is 1.55. The second-order valence-electron chi connectivity index (χ2n) is 12.1. The van der Waals surface area contributed by atoms with Gasteiger partial charge in [0.2, 0.25) is 0 Å². The lowest BCUT2D eigenvalue weighted by Gasteiger charge is -2.38. The van der Waals surface area contributed by atoms with Crippen molar-refractivity contribution in [1.82, 2.24) is 0 Å². The van der Waals surface area contributed by atoms with Crippen molar-refractivity contribution in [2.24, 2.45) is 28.3 Å². The summed E-state index contributed by atoms with van der Waals surface area (Å²) < 4.78 is 52.9. The molecule has 0 aliphatic carbocycles. The predicted octanol–water partition coefficient (Wildman–Crippen LogP) is 3.53. The van der Waals surface area contributed by atoms with E-state index in [1.165, 1.54) is 0 Å². The second kappa shape index (κ2) is 14.0. The molecule has 0 aromatic carbocycles. The molecule has 0 aromatic heterocycles. The van der Waals surface area contributed by atoms with Crippen LogP contribution in [0.5, 0.6) is 0 Å². The van der Waals surface area contributed by atoms with Crippen molar-refractivity contribution in [2.45, 2.75) is 58.9 Å². The van der Waals surface area contributed by atoms with Gasteiger partial charge in [-0.1, -0.05) is 5.11 Å². The van der Waals surface area contributed by atoms with E-state index in [0.717, 1.165) is 0 Å². The lowest BCUT2D eigenvalue weighted by Crippen LogP contribution is -2.45. The zero-order valence-electron chi connectivity index (χ0n) is 23.9. The van der Waals surface area contributed by atoms with Crippen molar-refractivity contribution in [2.75, 3.05) is 85.8 Å². The van der Waals surface area contributed by atoms with E-state index < -0.39 is 22.8 Å². The van der Waals surface area contributed by atoms with Crippen molar-refractivity contribution in [3.8, 4) is 0 Å². The van der Waals surface area contributed by atoms with Gasteiger partial charge in [-0.2, -0.15) is 0 Å². The molecule has 38 heavy (non-hydrogen) atoms. The molecule has 3 fully saturated rings. The first-order valence-electron chi connectivity index (χ1n) is 13.5. The fourth-order valence-corrected chi connectivity index (χ4v) is 4.24. The minimum Gasteiger partial charge on any atom is -0.380 e. The minimum atomic E-state index is -0.673. The van der Waals surface area contributed by atoms with Crippen LogP contribution in [0.4, 0.5) is 0 Å². The van der Waals surface area contributed by atoms with Gasteiger partial charge in [0.1, 0.15) is 0 Å². The van der Waals surface area contributed by atoms with Gasteiger partial charge < -0.3 is 42.6 Å². The molecule has 3 saturated heterocycles. The Hall–Kier alpha value is -1.05. The molecule has 0 bridgehead atoms. The molecule has 0 amide bonds. The maximum absolute atomic E-state index is 9.10. The van der Waals surface area contributed by atoms with Crippen LogP contribution in [0.1, 0.15) is 41.5 Å². The number of azide groups is 1. The zero-order chi connectivity index (χ0) is 27.7. The van der Waals surface area contributed by atoms with Crippen LogP contribution < -0.4 is 0 Å². The molecule has 0 saturated carbocycles. The van der Waals surface area contributed by atoms with Gasteiger partial charge in [0.15, 0.2) is 17.4 Å². The molecule has 3 aliphatic rings. The van der Waals surface area contributed by atoms with Crippen molar-refractivity contribution in [3.05, 3.63) is 10.4 Å². The summed E-state index contributed by atoms with van der Waals surface area (Å²) in [6, 6.07) is 0. The van der Waals surface area contributed by atoms with Gasteiger partial charge in [-0.15, -0.1) is 0 Å². The normalized spacial score (nSPS) is 24.7. The van der Waals surface area contributed by atoms with E-state index in [9.17, 15) is 0 Å². The first-order valence-corrected chi connectivity index (χ1v) is 13.5.